The molecule has 110 valence electrons. The summed E-state index contributed by atoms with van der Waals surface area (Å²) in [4.78, 5) is 13.8. The molecule has 3 nitrogen and oxygen atoms in total. The van der Waals surface area contributed by atoms with Crippen LogP contribution in [-0.2, 0) is 11.3 Å². The lowest BCUT2D eigenvalue weighted by Gasteiger charge is -2.16. The Bertz CT molecular complexity index is 619. The number of halogens is 2. The van der Waals surface area contributed by atoms with E-state index in [9.17, 15) is 9.18 Å². The Morgan fingerprint density at radius 1 is 1.24 bits per heavy atom. The second kappa shape index (κ2) is 7.20. The number of benzene rings is 2. The average Bonchev–Trinajstić information content (AvgIpc) is 2.43. The first-order valence-electron chi connectivity index (χ1n) is 6.52. The lowest BCUT2D eigenvalue weighted by Crippen LogP contribution is -2.29. The van der Waals surface area contributed by atoms with Crippen molar-refractivity contribution in [2.45, 2.75) is 6.54 Å². The van der Waals surface area contributed by atoms with E-state index in [1.165, 1.54) is 18.2 Å². The first-order valence-corrected chi connectivity index (χ1v) is 6.90. The zero-order valence-corrected chi connectivity index (χ0v) is 12.4. The fourth-order valence-corrected chi connectivity index (χ4v) is 2.15. The van der Waals surface area contributed by atoms with Gasteiger partial charge in [0.05, 0.1) is 11.6 Å². The molecule has 0 fully saturated rings. The third kappa shape index (κ3) is 4.85. The number of amides is 1. The van der Waals surface area contributed by atoms with Crippen LogP contribution in [-0.4, -0.2) is 24.4 Å². The van der Waals surface area contributed by atoms with E-state index in [-0.39, 0.29) is 17.5 Å². The van der Waals surface area contributed by atoms with Crippen LogP contribution in [0.4, 0.5) is 10.1 Å². The Labute approximate surface area is 128 Å². The third-order valence-electron chi connectivity index (χ3n) is 2.91. The van der Waals surface area contributed by atoms with Crippen molar-refractivity contribution in [2.24, 2.45) is 0 Å². The summed E-state index contributed by atoms with van der Waals surface area (Å²) in [5, 5.41) is 2.69. The van der Waals surface area contributed by atoms with E-state index in [1.807, 2.05) is 42.3 Å². The monoisotopic (exact) mass is 306 g/mol. The maximum absolute atomic E-state index is 13.0. The quantitative estimate of drug-likeness (QED) is 0.916. The smallest absolute Gasteiger partial charge is 0.238 e. The highest BCUT2D eigenvalue weighted by Crippen LogP contribution is 2.19. The summed E-state index contributed by atoms with van der Waals surface area (Å²) in [7, 11) is 1.87. The van der Waals surface area contributed by atoms with Gasteiger partial charge in [-0.2, -0.15) is 0 Å². The van der Waals surface area contributed by atoms with Crippen molar-refractivity contribution < 1.29 is 9.18 Å². The predicted octanol–water partition coefficient (Wildman–Crippen LogP) is 3.55. The number of likely N-dealkylation sites (N-methyl/N-ethyl adjacent to an activating group) is 1. The SMILES string of the molecule is CN(CC(=O)Nc1ccc(F)c(Cl)c1)Cc1ccccc1. The van der Waals surface area contributed by atoms with Gasteiger partial charge >= 0.3 is 0 Å². The summed E-state index contributed by atoms with van der Waals surface area (Å²) >= 11 is 5.67. The van der Waals surface area contributed by atoms with E-state index in [4.69, 9.17) is 11.6 Å². The Kier molecular flexibility index (Phi) is 5.31. The zero-order chi connectivity index (χ0) is 15.2. The van der Waals surface area contributed by atoms with Crippen molar-refractivity contribution >= 4 is 23.2 Å². The molecule has 0 saturated heterocycles. The van der Waals surface area contributed by atoms with Crippen molar-refractivity contribution in [1.82, 2.24) is 4.90 Å². The molecule has 0 spiro atoms. The van der Waals surface area contributed by atoms with Crippen LogP contribution in [0.1, 0.15) is 5.56 Å². The van der Waals surface area contributed by atoms with Gasteiger partial charge in [-0.25, -0.2) is 4.39 Å². The topological polar surface area (TPSA) is 32.3 Å². The number of anilines is 1. The highest BCUT2D eigenvalue weighted by molar-refractivity contribution is 6.31. The fourth-order valence-electron chi connectivity index (χ4n) is 1.97. The van der Waals surface area contributed by atoms with Crippen LogP contribution in [0.15, 0.2) is 48.5 Å². The van der Waals surface area contributed by atoms with Crippen LogP contribution in [0.3, 0.4) is 0 Å². The number of carbonyl (C=O) groups is 1. The van der Waals surface area contributed by atoms with Crippen molar-refractivity contribution in [3.8, 4) is 0 Å². The molecule has 0 saturated carbocycles. The molecule has 0 aliphatic rings. The van der Waals surface area contributed by atoms with E-state index in [0.717, 1.165) is 5.56 Å². The molecule has 2 rings (SSSR count). The minimum absolute atomic E-state index is 0.00885. The second-order valence-corrected chi connectivity index (χ2v) is 5.24. The standard InChI is InChI=1S/C16H16ClFN2O/c1-20(10-12-5-3-2-4-6-12)11-16(21)19-13-7-8-15(18)14(17)9-13/h2-9H,10-11H2,1H3,(H,19,21). The molecule has 2 aromatic rings. The van der Waals surface area contributed by atoms with Gasteiger partial charge in [0.2, 0.25) is 5.91 Å². The molecular formula is C16H16ClFN2O. The van der Waals surface area contributed by atoms with Gasteiger partial charge in [-0.15, -0.1) is 0 Å². The molecule has 0 aliphatic heterocycles. The van der Waals surface area contributed by atoms with Crippen LogP contribution in [0.2, 0.25) is 5.02 Å². The van der Waals surface area contributed by atoms with E-state index in [0.29, 0.717) is 12.2 Å². The van der Waals surface area contributed by atoms with E-state index in [1.54, 1.807) is 0 Å². The maximum Gasteiger partial charge on any atom is 0.238 e. The third-order valence-corrected chi connectivity index (χ3v) is 3.20. The molecule has 1 amide bonds. The molecule has 2 aromatic carbocycles. The Morgan fingerprint density at radius 3 is 2.62 bits per heavy atom. The molecule has 0 aromatic heterocycles. The molecule has 0 radical (unpaired) electrons. The minimum atomic E-state index is -0.504. The molecule has 0 unspecified atom stereocenters. The minimum Gasteiger partial charge on any atom is -0.325 e. The highest BCUT2D eigenvalue weighted by Gasteiger charge is 2.08. The Balaban J connectivity index is 1.87. The summed E-state index contributed by atoms with van der Waals surface area (Å²) in [5.41, 5.74) is 1.62. The first-order chi connectivity index (χ1) is 10.0. The normalized spacial score (nSPS) is 10.7. The van der Waals surface area contributed by atoms with Crippen molar-refractivity contribution in [3.63, 3.8) is 0 Å². The number of carbonyl (C=O) groups excluding carboxylic acids is 1. The van der Waals surface area contributed by atoms with Gasteiger partial charge in [-0.1, -0.05) is 41.9 Å². The molecule has 0 bridgehead atoms. The first kappa shape index (κ1) is 15.5. The van der Waals surface area contributed by atoms with Crippen LogP contribution < -0.4 is 5.32 Å². The van der Waals surface area contributed by atoms with Crippen LogP contribution in [0.5, 0.6) is 0 Å². The fraction of sp³-hybridized carbons (Fsp3) is 0.188. The van der Waals surface area contributed by atoms with Crippen LogP contribution >= 0.6 is 11.6 Å². The van der Waals surface area contributed by atoms with Crippen molar-refractivity contribution in [2.75, 3.05) is 18.9 Å². The molecule has 5 heteroatoms. The molecule has 1 N–H and O–H groups in total. The number of nitrogens with zero attached hydrogens (tertiary/aromatic N) is 1. The van der Waals surface area contributed by atoms with E-state index in [2.05, 4.69) is 5.32 Å². The molecule has 0 heterocycles. The van der Waals surface area contributed by atoms with E-state index < -0.39 is 5.82 Å². The highest BCUT2D eigenvalue weighted by atomic mass is 35.5. The number of rotatable bonds is 5. The number of hydrogen-bond acceptors (Lipinski definition) is 2. The average molecular weight is 307 g/mol. The van der Waals surface area contributed by atoms with Gasteiger partial charge in [0, 0.05) is 12.2 Å². The lowest BCUT2D eigenvalue weighted by atomic mass is 10.2. The largest absolute Gasteiger partial charge is 0.325 e. The second-order valence-electron chi connectivity index (χ2n) is 4.83. The van der Waals surface area contributed by atoms with Crippen molar-refractivity contribution in [3.05, 3.63) is 64.9 Å². The van der Waals surface area contributed by atoms with Crippen LogP contribution in [0.25, 0.3) is 0 Å². The Morgan fingerprint density at radius 2 is 1.95 bits per heavy atom. The molecular weight excluding hydrogens is 291 g/mol. The molecule has 21 heavy (non-hydrogen) atoms. The Hall–Kier alpha value is -1.91. The summed E-state index contributed by atoms with van der Waals surface area (Å²) in [5.74, 6) is -0.674. The summed E-state index contributed by atoms with van der Waals surface area (Å²) in [6.45, 7) is 0.919. The van der Waals surface area contributed by atoms with Gasteiger partial charge in [-0.05, 0) is 30.8 Å². The lowest BCUT2D eigenvalue weighted by molar-refractivity contribution is -0.117. The number of nitrogens with one attached hydrogen (secondary N) is 1. The summed E-state index contributed by atoms with van der Waals surface area (Å²) < 4.78 is 13.0. The maximum atomic E-state index is 13.0. The van der Waals surface area contributed by atoms with Gasteiger partial charge in [0.1, 0.15) is 5.82 Å². The molecule has 0 aliphatic carbocycles. The predicted molar refractivity (Wildman–Crippen MR) is 82.8 cm³/mol. The van der Waals surface area contributed by atoms with Gasteiger partial charge in [0.15, 0.2) is 0 Å². The molecule has 0 atom stereocenters. The van der Waals surface area contributed by atoms with Gasteiger partial charge in [0.25, 0.3) is 0 Å². The summed E-state index contributed by atoms with van der Waals surface area (Å²) in [6.07, 6.45) is 0. The summed E-state index contributed by atoms with van der Waals surface area (Å²) in [6, 6.07) is 14.0. The van der Waals surface area contributed by atoms with Crippen molar-refractivity contribution in [1.29, 1.82) is 0 Å². The van der Waals surface area contributed by atoms with Gasteiger partial charge < -0.3 is 5.32 Å². The zero-order valence-electron chi connectivity index (χ0n) is 11.6. The van der Waals surface area contributed by atoms with Gasteiger partial charge in [-0.3, -0.25) is 9.69 Å². The van der Waals surface area contributed by atoms with E-state index >= 15 is 0 Å². The number of hydrogen-bond donors (Lipinski definition) is 1. The van der Waals surface area contributed by atoms with Crippen LogP contribution in [0, 0.1) is 5.82 Å².